The standard InChI is InChI=1S/C23H15ClF3N5OS2/c24-12-2-4-14(5-3-12)32-20(30-19-17(22(32)33)28-10-31(19)13-6-7-13)18(34)21-29-15-9-11(23(25,26)27)1-8-16(15)35-21/h1-5,8-10,13,18,34H,6-7H2. The smallest absolute Gasteiger partial charge is 0.312 e. The molecule has 12 heteroatoms. The Morgan fingerprint density at radius 2 is 1.86 bits per heavy atom. The van der Waals surface area contributed by atoms with E-state index < -0.39 is 17.0 Å². The van der Waals surface area contributed by atoms with Crippen LogP contribution in [0.5, 0.6) is 0 Å². The van der Waals surface area contributed by atoms with Crippen LogP contribution < -0.4 is 5.56 Å². The van der Waals surface area contributed by atoms with Crippen LogP contribution in [-0.2, 0) is 6.18 Å². The predicted molar refractivity (Wildman–Crippen MR) is 132 cm³/mol. The molecule has 0 radical (unpaired) electrons. The van der Waals surface area contributed by atoms with E-state index in [1.807, 2.05) is 4.57 Å². The molecule has 1 fully saturated rings. The summed E-state index contributed by atoms with van der Waals surface area (Å²) in [6, 6.07) is 10.4. The van der Waals surface area contributed by atoms with E-state index in [0.717, 1.165) is 25.0 Å². The summed E-state index contributed by atoms with van der Waals surface area (Å²) >= 11 is 12.0. The molecular weight excluding hydrogens is 519 g/mol. The molecule has 5 aromatic rings. The average Bonchev–Trinajstić information content (AvgIpc) is 3.42. The molecule has 3 aromatic heterocycles. The highest BCUT2D eigenvalue weighted by atomic mass is 35.5. The van der Waals surface area contributed by atoms with Crippen LogP contribution in [0.15, 0.2) is 53.6 Å². The number of fused-ring (bicyclic) bond motifs is 2. The average molecular weight is 534 g/mol. The minimum Gasteiger partial charge on any atom is -0.312 e. The molecule has 35 heavy (non-hydrogen) atoms. The van der Waals surface area contributed by atoms with Crippen molar-refractivity contribution in [2.45, 2.75) is 30.3 Å². The lowest BCUT2D eigenvalue weighted by Crippen LogP contribution is -2.25. The van der Waals surface area contributed by atoms with E-state index in [9.17, 15) is 18.0 Å². The van der Waals surface area contributed by atoms with Gasteiger partial charge in [-0.3, -0.25) is 9.36 Å². The first-order valence-electron chi connectivity index (χ1n) is 10.6. The minimum atomic E-state index is -4.47. The molecule has 6 rings (SSSR count). The van der Waals surface area contributed by atoms with E-state index >= 15 is 0 Å². The molecule has 178 valence electrons. The maximum atomic E-state index is 13.6. The normalized spacial score (nSPS) is 15.2. The van der Waals surface area contributed by atoms with Gasteiger partial charge in [0.15, 0.2) is 11.2 Å². The Bertz CT molecular complexity index is 1650. The lowest BCUT2D eigenvalue weighted by atomic mass is 10.2. The first-order chi connectivity index (χ1) is 16.7. The Morgan fingerprint density at radius 3 is 2.54 bits per heavy atom. The molecule has 3 heterocycles. The third-order valence-corrected chi connectivity index (χ3v) is 7.86. The van der Waals surface area contributed by atoms with Crippen LogP contribution in [-0.4, -0.2) is 24.1 Å². The number of imidazole rings is 1. The summed E-state index contributed by atoms with van der Waals surface area (Å²) in [6.07, 6.45) is -0.892. The molecule has 1 aliphatic carbocycles. The van der Waals surface area contributed by atoms with Crippen LogP contribution in [0.25, 0.3) is 27.1 Å². The van der Waals surface area contributed by atoms with Gasteiger partial charge in [0.1, 0.15) is 16.1 Å². The zero-order chi connectivity index (χ0) is 24.5. The fraction of sp³-hybridized carbons (Fsp3) is 0.217. The quantitative estimate of drug-likeness (QED) is 0.279. The molecule has 0 N–H and O–H groups in total. The van der Waals surface area contributed by atoms with Crippen molar-refractivity contribution >= 4 is 56.9 Å². The fourth-order valence-electron chi connectivity index (χ4n) is 3.98. The van der Waals surface area contributed by atoms with Gasteiger partial charge in [0.2, 0.25) is 0 Å². The van der Waals surface area contributed by atoms with Gasteiger partial charge in [-0.2, -0.15) is 25.8 Å². The van der Waals surface area contributed by atoms with Crippen LogP contribution in [0, 0.1) is 0 Å². The lowest BCUT2D eigenvalue weighted by molar-refractivity contribution is -0.137. The number of hydrogen-bond donors (Lipinski definition) is 1. The Kier molecular flexibility index (Phi) is 5.20. The zero-order valence-electron chi connectivity index (χ0n) is 17.7. The highest BCUT2D eigenvalue weighted by Crippen LogP contribution is 2.39. The molecule has 6 nitrogen and oxygen atoms in total. The third-order valence-electron chi connectivity index (χ3n) is 5.86. The zero-order valence-corrected chi connectivity index (χ0v) is 20.2. The molecule has 2 aromatic carbocycles. The van der Waals surface area contributed by atoms with Crippen LogP contribution in [0.4, 0.5) is 13.2 Å². The Labute approximate surface area is 210 Å². The van der Waals surface area contributed by atoms with E-state index in [2.05, 4.69) is 9.97 Å². The third kappa shape index (κ3) is 3.91. The molecule has 1 atom stereocenters. The van der Waals surface area contributed by atoms with Crippen molar-refractivity contribution in [3.8, 4) is 5.69 Å². The number of thiazole rings is 1. The monoisotopic (exact) mass is 533 g/mol. The molecule has 1 saturated carbocycles. The van der Waals surface area contributed by atoms with Crippen LogP contribution in [0.3, 0.4) is 0 Å². The second kappa shape index (κ2) is 8.07. The van der Waals surface area contributed by atoms with Crippen molar-refractivity contribution in [1.82, 2.24) is 24.1 Å². The summed E-state index contributed by atoms with van der Waals surface area (Å²) < 4.78 is 43.4. The van der Waals surface area contributed by atoms with Gasteiger partial charge >= 0.3 is 6.18 Å². The van der Waals surface area contributed by atoms with Crippen LogP contribution in [0.2, 0.25) is 5.02 Å². The van der Waals surface area contributed by atoms with Gasteiger partial charge in [-0.05, 0) is 55.3 Å². The summed E-state index contributed by atoms with van der Waals surface area (Å²) in [5.74, 6) is 0.297. The number of alkyl halides is 3. The van der Waals surface area contributed by atoms with Gasteiger partial charge in [0, 0.05) is 11.1 Å². The van der Waals surface area contributed by atoms with Crippen LogP contribution >= 0.6 is 35.6 Å². The first-order valence-corrected chi connectivity index (χ1v) is 12.3. The van der Waals surface area contributed by atoms with E-state index in [1.165, 1.54) is 22.0 Å². The van der Waals surface area contributed by atoms with Crippen molar-refractivity contribution in [2.24, 2.45) is 0 Å². The van der Waals surface area contributed by atoms with E-state index in [1.54, 1.807) is 30.6 Å². The topological polar surface area (TPSA) is 65.6 Å². The Hall–Kier alpha value is -2.89. The number of benzene rings is 2. The van der Waals surface area contributed by atoms with Gasteiger partial charge < -0.3 is 4.57 Å². The summed E-state index contributed by atoms with van der Waals surface area (Å²) in [7, 11) is 0. The SMILES string of the molecule is O=c1c2ncn(C3CC3)c2nc(C(S)c2nc3cc(C(F)(F)F)ccc3s2)n1-c1ccc(Cl)cc1. The van der Waals surface area contributed by atoms with Gasteiger partial charge in [-0.25, -0.2) is 15.0 Å². The summed E-state index contributed by atoms with van der Waals surface area (Å²) in [6.45, 7) is 0. The van der Waals surface area contributed by atoms with Crippen LogP contribution in [0.1, 0.15) is 40.5 Å². The maximum absolute atomic E-state index is 13.6. The maximum Gasteiger partial charge on any atom is 0.416 e. The summed E-state index contributed by atoms with van der Waals surface area (Å²) in [5, 5.41) is 0.149. The summed E-state index contributed by atoms with van der Waals surface area (Å²) in [4.78, 5) is 27.1. The number of halogens is 4. The minimum absolute atomic E-state index is 0.211. The Balaban J connectivity index is 1.55. The molecule has 0 spiro atoms. The van der Waals surface area contributed by atoms with Crippen molar-refractivity contribution in [3.05, 3.63) is 80.6 Å². The lowest BCUT2D eigenvalue weighted by Gasteiger charge is -2.16. The van der Waals surface area contributed by atoms with Gasteiger partial charge in [-0.1, -0.05) is 11.6 Å². The van der Waals surface area contributed by atoms with Gasteiger partial charge in [0.05, 0.1) is 27.8 Å². The van der Waals surface area contributed by atoms with Crippen molar-refractivity contribution in [2.75, 3.05) is 0 Å². The number of aromatic nitrogens is 5. The van der Waals surface area contributed by atoms with E-state index in [0.29, 0.717) is 31.9 Å². The first kappa shape index (κ1) is 22.6. The summed E-state index contributed by atoms with van der Waals surface area (Å²) in [5.41, 5.74) is 0.273. The second-order valence-corrected chi connectivity index (χ2v) is 10.3. The molecule has 1 aliphatic rings. The number of hydrogen-bond acceptors (Lipinski definition) is 6. The molecule has 1 unspecified atom stereocenters. The van der Waals surface area contributed by atoms with Crippen molar-refractivity contribution in [3.63, 3.8) is 0 Å². The number of rotatable bonds is 4. The van der Waals surface area contributed by atoms with E-state index in [4.69, 9.17) is 29.2 Å². The van der Waals surface area contributed by atoms with Crippen molar-refractivity contribution < 1.29 is 13.2 Å². The highest BCUT2D eigenvalue weighted by molar-refractivity contribution is 7.81. The highest BCUT2D eigenvalue weighted by Gasteiger charge is 2.32. The Morgan fingerprint density at radius 1 is 1.11 bits per heavy atom. The van der Waals surface area contributed by atoms with Gasteiger partial charge in [0.25, 0.3) is 5.56 Å². The molecule has 0 amide bonds. The number of thiol groups is 1. The number of nitrogens with zero attached hydrogens (tertiary/aromatic N) is 5. The molecule has 0 bridgehead atoms. The molecule has 0 saturated heterocycles. The van der Waals surface area contributed by atoms with Gasteiger partial charge in [-0.15, -0.1) is 11.3 Å². The largest absolute Gasteiger partial charge is 0.416 e. The van der Waals surface area contributed by atoms with Crippen molar-refractivity contribution in [1.29, 1.82) is 0 Å². The second-order valence-electron chi connectivity index (χ2n) is 8.28. The fourth-order valence-corrected chi connectivity index (χ4v) is 5.42. The molecule has 0 aliphatic heterocycles. The van der Waals surface area contributed by atoms with E-state index in [-0.39, 0.29) is 22.6 Å². The predicted octanol–water partition coefficient (Wildman–Crippen LogP) is 6.22. The molecular formula is C23H15ClF3N5OS2.